The van der Waals surface area contributed by atoms with E-state index in [9.17, 15) is 4.79 Å². The van der Waals surface area contributed by atoms with E-state index in [1.54, 1.807) is 4.90 Å². The molecular weight excluding hydrogens is 280 g/mol. The lowest BCUT2D eigenvalue weighted by Crippen LogP contribution is -3.10. The van der Waals surface area contributed by atoms with Gasteiger partial charge in [-0.2, -0.15) is 0 Å². The normalized spacial score (nSPS) is 16.1. The predicted octanol–water partition coefficient (Wildman–Crippen LogP) is 0.858. The molecule has 0 aromatic heterocycles. The molecule has 3 nitrogen and oxygen atoms in total. The first kappa shape index (κ1) is 12.6. The summed E-state index contributed by atoms with van der Waals surface area (Å²) >= 11 is 3.37. The summed E-state index contributed by atoms with van der Waals surface area (Å²) in [4.78, 5) is 13.4. The lowest BCUT2D eigenvalue weighted by atomic mass is 10.2. The van der Waals surface area contributed by atoms with Crippen LogP contribution in [0.15, 0.2) is 28.7 Å². The van der Waals surface area contributed by atoms with Crippen LogP contribution in [-0.4, -0.2) is 32.1 Å². The van der Waals surface area contributed by atoms with E-state index in [0.29, 0.717) is 0 Å². The molecule has 1 aliphatic rings. The lowest BCUT2D eigenvalue weighted by Gasteiger charge is -2.12. The van der Waals surface area contributed by atoms with Gasteiger partial charge in [-0.1, -0.05) is 22.0 Å². The summed E-state index contributed by atoms with van der Waals surface area (Å²) in [7, 11) is 0. The van der Waals surface area contributed by atoms with E-state index in [4.69, 9.17) is 0 Å². The van der Waals surface area contributed by atoms with E-state index in [1.807, 2.05) is 24.3 Å². The fraction of sp³-hybridized carbons (Fsp3) is 0.462. The number of amides is 1. The topological polar surface area (TPSA) is 33.5 Å². The summed E-state index contributed by atoms with van der Waals surface area (Å²) < 4.78 is 0.940. The van der Waals surface area contributed by atoms with Crippen molar-refractivity contribution >= 4 is 21.8 Å². The van der Waals surface area contributed by atoms with Gasteiger partial charge in [0.2, 0.25) is 0 Å². The van der Waals surface area contributed by atoms with Crippen molar-refractivity contribution in [3.63, 3.8) is 0 Å². The standard InChI is InChI=1S/C13H17BrN2O/c14-12-5-3-4-11(10-12)13(17)15-6-9-16-7-1-2-8-16/h3-5,10H,1-2,6-9H2,(H,15,17)/p+1. The Balaban J connectivity index is 1.77. The molecule has 1 aromatic carbocycles. The van der Waals surface area contributed by atoms with Crippen molar-refractivity contribution in [3.8, 4) is 0 Å². The largest absolute Gasteiger partial charge is 0.346 e. The lowest BCUT2D eigenvalue weighted by molar-refractivity contribution is -0.886. The van der Waals surface area contributed by atoms with E-state index in [-0.39, 0.29) is 5.91 Å². The molecule has 0 saturated carbocycles. The summed E-state index contributed by atoms with van der Waals surface area (Å²) in [5.74, 6) is 0.0184. The highest BCUT2D eigenvalue weighted by atomic mass is 79.9. The Morgan fingerprint density at radius 1 is 1.35 bits per heavy atom. The quantitative estimate of drug-likeness (QED) is 0.849. The Labute approximate surface area is 110 Å². The Morgan fingerprint density at radius 3 is 2.82 bits per heavy atom. The van der Waals surface area contributed by atoms with Crippen LogP contribution in [0.25, 0.3) is 0 Å². The van der Waals surface area contributed by atoms with Gasteiger partial charge in [0.15, 0.2) is 0 Å². The number of hydrogen-bond acceptors (Lipinski definition) is 1. The second kappa shape index (κ2) is 6.17. The second-order valence-corrected chi connectivity index (χ2v) is 5.39. The number of quaternary nitrogens is 1. The maximum Gasteiger partial charge on any atom is 0.251 e. The number of nitrogens with one attached hydrogen (secondary N) is 2. The average molecular weight is 298 g/mol. The number of carbonyl (C=O) groups is 1. The first-order valence-electron chi connectivity index (χ1n) is 6.13. The van der Waals surface area contributed by atoms with Crippen LogP contribution in [0, 0.1) is 0 Å². The molecule has 0 bridgehead atoms. The maximum atomic E-state index is 11.8. The fourth-order valence-electron chi connectivity index (χ4n) is 2.21. The second-order valence-electron chi connectivity index (χ2n) is 4.47. The van der Waals surface area contributed by atoms with Gasteiger partial charge in [0, 0.05) is 22.9 Å². The molecule has 1 amide bonds. The minimum atomic E-state index is 0.0184. The van der Waals surface area contributed by atoms with Crippen molar-refractivity contribution in [1.82, 2.24) is 5.32 Å². The SMILES string of the molecule is O=C(NCC[NH+]1CCCC1)c1cccc(Br)c1. The van der Waals surface area contributed by atoms with Gasteiger partial charge in [-0.25, -0.2) is 0 Å². The van der Waals surface area contributed by atoms with Gasteiger partial charge in [-0.3, -0.25) is 4.79 Å². The monoisotopic (exact) mass is 297 g/mol. The van der Waals surface area contributed by atoms with Gasteiger partial charge >= 0.3 is 0 Å². The molecule has 92 valence electrons. The van der Waals surface area contributed by atoms with Crippen LogP contribution in [0.1, 0.15) is 23.2 Å². The van der Waals surface area contributed by atoms with Crippen LogP contribution >= 0.6 is 15.9 Å². The van der Waals surface area contributed by atoms with E-state index in [2.05, 4.69) is 21.2 Å². The minimum Gasteiger partial charge on any atom is -0.346 e. The minimum absolute atomic E-state index is 0.0184. The van der Waals surface area contributed by atoms with Crippen LogP contribution in [-0.2, 0) is 0 Å². The van der Waals surface area contributed by atoms with Crippen molar-refractivity contribution in [2.45, 2.75) is 12.8 Å². The zero-order chi connectivity index (χ0) is 12.1. The van der Waals surface area contributed by atoms with Gasteiger partial charge in [-0.15, -0.1) is 0 Å². The molecule has 4 heteroatoms. The molecule has 1 aliphatic heterocycles. The first-order valence-corrected chi connectivity index (χ1v) is 6.92. The zero-order valence-corrected chi connectivity index (χ0v) is 11.4. The molecule has 0 radical (unpaired) electrons. The van der Waals surface area contributed by atoms with Crippen molar-refractivity contribution < 1.29 is 9.69 Å². The Kier molecular flexibility index (Phi) is 4.57. The Bertz CT molecular complexity index is 389. The van der Waals surface area contributed by atoms with Crippen LogP contribution in [0.2, 0.25) is 0 Å². The van der Waals surface area contributed by atoms with Crippen LogP contribution < -0.4 is 10.2 Å². The Hall–Kier alpha value is -0.870. The molecule has 0 aliphatic carbocycles. The van der Waals surface area contributed by atoms with Crippen molar-refractivity contribution in [2.75, 3.05) is 26.2 Å². The molecule has 1 aromatic rings. The molecule has 1 fully saturated rings. The molecule has 0 atom stereocenters. The van der Waals surface area contributed by atoms with Gasteiger partial charge in [0.25, 0.3) is 5.91 Å². The van der Waals surface area contributed by atoms with Crippen molar-refractivity contribution in [2.24, 2.45) is 0 Å². The maximum absolute atomic E-state index is 11.8. The molecule has 0 spiro atoms. The molecule has 1 heterocycles. The van der Waals surface area contributed by atoms with E-state index < -0.39 is 0 Å². The number of halogens is 1. The highest BCUT2D eigenvalue weighted by Gasteiger charge is 2.14. The molecule has 17 heavy (non-hydrogen) atoms. The van der Waals surface area contributed by atoms with E-state index in [0.717, 1.165) is 23.1 Å². The summed E-state index contributed by atoms with van der Waals surface area (Å²) in [5, 5.41) is 2.97. The molecule has 0 unspecified atom stereocenters. The average Bonchev–Trinajstić information content (AvgIpc) is 2.82. The first-order chi connectivity index (χ1) is 8.25. The van der Waals surface area contributed by atoms with Crippen molar-refractivity contribution in [3.05, 3.63) is 34.3 Å². The fourth-order valence-corrected chi connectivity index (χ4v) is 2.61. The summed E-state index contributed by atoms with van der Waals surface area (Å²) in [5.41, 5.74) is 0.718. The molecule has 2 N–H and O–H groups in total. The number of benzene rings is 1. The zero-order valence-electron chi connectivity index (χ0n) is 9.84. The third-order valence-electron chi connectivity index (χ3n) is 3.16. The predicted molar refractivity (Wildman–Crippen MR) is 71.3 cm³/mol. The molecule has 2 rings (SSSR count). The summed E-state index contributed by atoms with van der Waals surface area (Å²) in [6, 6.07) is 7.48. The summed E-state index contributed by atoms with van der Waals surface area (Å²) in [6.45, 7) is 4.32. The van der Waals surface area contributed by atoms with Gasteiger partial charge in [-0.05, 0) is 18.2 Å². The Morgan fingerprint density at radius 2 is 2.12 bits per heavy atom. The van der Waals surface area contributed by atoms with E-state index >= 15 is 0 Å². The summed E-state index contributed by atoms with van der Waals surface area (Å²) in [6.07, 6.45) is 2.66. The van der Waals surface area contributed by atoms with Crippen molar-refractivity contribution in [1.29, 1.82) is 0 Å². The number of rotatable bonds is 4. The van der Waals surface area contributed by atoms with Crippen LogP contribution in [0.4, 0.5) is 0 Å². The molecule has 1 saturated heterocycles. The molecular formula is C13H18BrN2O+. The third kappa shape index (κ3) is 3.82. The highest BCUT2D eigenvalue weighted by molar-refractivity contribution is 9.10. The smallest absolute Gasteiger partial charge is 0.251 e. The van der Waals surface area contributed by atoms with Gasteiger partial charge in [0.05, 0.1) is 26.2 Å². The number of likely N-dealkylation sites (tertiary alicyclic amines) is 1. The van der Waals surface area contributed by atoms with Gasteiger partial charge < -0.3 is 10.2 Å². The van der Waals surface area contributed by atoms with Crippen LogP contribution in [0.5, 0.6) is 0 Å². The van der Waals surface area contributed by atoms with Gasteiger partial charge in [0.1, 0.15) is 0 Å². The number of carbonyl (C=O) groups excluding carboxylic acids is 1. The third-order valence-corrected chi connectivity index (χ3v) is 3.65. The number of hydrogen-bond donors (Lipinski definition) is 2. The van der Waals surface area contributed by atoms with Crippen LogP contribution in [0.3, 0.4) is 0 Å². The highest BCUT2D eigenvalue weighted by Crippen LogP contribution is 2.11. The van der Waals surface area contributed by atoms with E-state index in [1.165, 1.54) is 25.9 Å².